The van der Waals surface area contributed by atoms with E-state index >= 15 is 0 Å². The summed E-state index contributed by atoms with van der Waals surface area (Å²) in [7, 11) is 0. The third-order valence-electron chi connectivity index (χ3n) is 2.50. The summed E-state index contributed by atoms with van der Waals surface area (Å²) >= 11 is 8.24. The van der Waals surface area contributed by atoms with Crippen molar-refractivity contribution in [1.82, 2.24) is 15.0 Å². The minimum Gasteiger partial charge on any atom is -0.264 e. The van der Waals surface area contributed by atoms with Gasteiger partial charge in [0.05, 0.1) is 9.26 Å². The molecule has 0 spiro atoms. The summed E-state index contributed by atoms with van der Waals surface area (Å²) in [6.45, 7) is 4.02. The van der Waals surface area contributed by atoms with Crippen molar-refractivity contribution in [1.29, 1.82) is 0 Å². The number of halogens is 2. The van der Waals surface area contributed by atoms with Gasteiger partial charge in [0.25, 0.3) is 0 Å². The second-order valence-corrected chi connectivity index (χ2v) is 5.06. The highest BCUT2D eigenvalue weighted by Crippen LogP contribution is 2.25. The fourth-order valence-electron chi connectivity index (χ4n) is 1.57. The van der Waals surface area contributed by atoms with Gasteiger partial charge >= 0.3 is 0 Å². The molecule has 3 nitrogen and oxygen atoms in total. The highest BCUT2D eigenvalue weighted by atomic mass is 127. The topological polar surface area (TPSA) is 38.7 Å². The summed E-state index contributed by atoms with van der Waals surface area (Å²) in [5, 5.41) is 0.506. The Kier molecular flexibility index (Phi) is 3.93. The number of pyridine rings is 1. The SMILES string of the molecule is CCc1cnccc1-c1nc(C)c(I)c(Cl)n1. The van der Waals surface area contributed by atoms with Gasteiger partial charge in [0.1, 0.15) is 5.15 Å². The highest BCUT2D eigenvalue weighted by molar-refractivity contribution is 14.1. The van der Waals surface area contributed by atoms with E-state index < -0.39 is 0 Å². The Morgan fingerprint density at radius 3 is 2.76 bits per heavy atom. The average Bonchev–Trinajstić information content (AvgIpc) is 2.35. The number of hydrogen-bond donors (Lipinski definition) is 0. The smallest absolute Gasteiger partial charge is 0.161 e. The number of rotatable bonds is 2. The second kappa shape index (κ2) is 5.27. The Morgan fingerprint density at radius 1 is 1.35 bits per heavy atom. The summed E-state index contributed by atoms with van der Waals surface area (Å²) in [5.41, 5.74) is 3.03. The molecule has 0 N–H and O–H groups in total. The van der Waals surface area contributed by atoms with Gasteiger partial charge in [0, 0.05) is 18.0 Å². The van der Waals surface area contributed by atoms with E-state index in [1.807, 2.05) is 19.2 Å². The number of hydrogen-bond acceptors (Lipinski definition) is 3. The van der Waals surface area contributed by atoms with Crippen LogP contribution in [0.3, 0.4) is 0 Å². The first-order chi connectivity index (χ1) is 8.13. The van der Waals surface area contributed by atoms with E-state index in [0.29, 0.717) is 11.0 Å². The molecule has 2 heterocycles. The van der Waals surface area contributed by atoms with E-state index in [1.54, 1.807) is 6.20 Å². The van der Waals surface area contributed by atoms with Crippen molar-refractivity contribution in [3.63, 3.8) is 0 Å². The zero-order chi connectivity index (χ0) is 12.4. The van der Waals surface area contributed by atoms with Crippen molar-refractivity contribution >= 4 is 34.2 Å². The first-order valence-electron chi connectivity index (χ1n) is 5.26. The lowest BCUT2D eigenvalue weighted by molar-refractivity contribution is 1.05. The molecule has 0 unspecified atom stereocenters. The molecule has 17 heavy (non-hydrogen) atoms. The van der Waals surface area contributed by atoms with Crippen LogP contribution < -0.4 is 0 Å². The molecule has 88 valence electrons. The zero-order valence-corrected chi connectivity index (χ0v) is 12.5. The third-order valence-corrected chi connectivity index (χ3v) is 4.39. The van der Waals surface area contributed by atoms with Crippen molar-refractivity contribution in [2.24, 2.45) is 0 Å². The quantitative estimate of drug-likeness (QED) is 0.607. The minimum atomic E-state index is 0.506. The van der Waals surface area contributed by atoms with Gasteiger partial charge in [-0.3, -0.25) is 4.98 Å². The lowest BCUT2D eigenvalue weighted by atomic mass is 10.1. The van der Waals surface area contributed by atoms with Crippen LogP contribution in [0.15, 0.2) is 18.5 Å². The van der Waals surface area contributed by atoms with Crippen LogP contribution in [0.25, 0.3) is 11.4 Å². The van der Waals surface area contributed by atoms with Crippen LogP contribution in [-0.2, 0) is 6.42 Å². The van der Waals surface area contributed by atoms with E-state index in [-0.39, 0.29) is 0 Å². The highest BCUT2D eigenvalue weighted by Gasteiger charge is 2.11. The molecule has 0 aliphatic carbocycles. The van der Waals surface area contributed by atoms with Gasteiger partial charge in [0.15, 0.2) is 5.82 Å². The standard InChI is InChI=1S/C12H11ClIN3/c1-3-8-6-15-5-4-9(8)12-16-7(2)10(14)11(13)17-12/h4-6H,3H2,1-2H3. The van der Waals surface area contributed by atoms with Crippen molar-refractivity contribution in [3.8, 4) is 11.4 Å². The van der Waals surface area contributed by atoms with Crippen LogP contribution >= 0.6 is 34.2 Å². The summed E-state index contributed by atoms with van der Waals surface area (Å²) in [6.07, 6.45) is 4.49. The first kappa shape index (κ1) is 12.7. The fourth-order valence-corrected chi connectivity index (χ4v) is 2.03. The summed E-state index contributed by atoms with van der Waals surface area (Å²) < 4.78 is 0.903. The summed E-state index contributed by atoms with van der Waals surface area (Å²) in [6, 6.07) is 1.93. The molecule has 0 aliphatic heterocycles. The van der Waals surface area contributed by atoms with Gasteiger partial charge in [0.2, 0.25) is 0 Å². The molecule has 5 heteroatoms. The van der Waals surface area contributed by atoms with Crippen LogP contribution in [0.4, 0.5) is 0 Å². The van der Waals surface area contributed by atoms with Crippen LogP contribution in [0.5, 0.6) is 0 Å². The lowest BCUT2D eigenvalue weighted by Crippen LogP contribution is -1.99. The summed E-state index contributed by atoms with van der Waals surface area (Å²) in [4.78, 5) is 12.9. The third kappa shape index (κ3) is 2.57. The van der Waals surface area contributed by atoms with Crippen molar-refractivity contribution < 1.29 is 0 Å². The van der Waals surface area contributed by atoms with Gasteiger partial charge in [-0.25, -0.2) is 9.97 Å². The monoisotopic (exact) mass is 359 g/mol. The molecule has 0 saturated heterocycles. The predicted molar refractivity (Wildman–Crippen MR) is 77.1 cm³/mol. The Labute approximate surface area is 119 Å². The van der Waals surface area contributed by atoms with Crippen LogP contribution in [0.2, 0.25) is 5.15 Å². The largest absolute Gasteiger partial charge is 0.264 e. The normalized spacial score (nSPS) is 10.6. The molecule has 0 radical (unpaired) electrons. The van der Waals surface area contributed by atoms with Crippen molar-refractivity contribution in [3.05, 3.63) is 38.4 Å². The molecule has 2 rings (SSSR count). The Bertz CT molecular complexity index is 534. The number of aryl methyl sites for hydroxylation is 2. The van der Waals surface area contributed by atoms with Crippen molar-refractivity contribution in [2.75, 3.05) is 0 Å². The van der Waals surface area contributed by atoms with Gasteiger partial charge < -0.3 is 0 Å². The van der Waals surface area contributed by atoms with Gasteiger partial charge in [-0.2, -0.15) is 0 Å². The van der Waals surface area contributed by atoms with E-state index in [4.69, 9.17) is 11.6 Å². The van der Waals surface area contributed by atoms with Gasteiger partial charge in [-0.05, 0) is 47.6 Å². The number of aromatic nitrogens is 3. The molecule has 0 saturated carbocycles. The molecule has 2 aromatic rings. The molecular formula is C12H11ClIN3. The van der Waals surface area contributed by atoms with Crippen LogP contribution in [0, 0.1) is 10.5 Å². The van der Waals surface area contributed by atoms with Crippen LogP contribution in [0.1, 0.15) is 18.2 Å². The Hall–Kier alpha value is -0.750. The fraction of sp³-hybridized carbons (Fsp3) is 0.250. The Morgan fingerprint density at radius 2 is 2.12 bits per heavy atom. The maximum absolute atomic E-state index is 6.09. The predicted octanol–water partition coefficient (Wildman–Crippen LogP) is 3.67. The van der Waals surface area contributed by atoms with E-state index in [9.17, 15) is 0 Å². The summed E-state index contributed by atoms with van der Waals surface area (Å²) in [5.74, 6) is 0.673. The molecular weight excluding hydrogens is 349 g/mol. The van der Waals surface area contributed by atoms with Crippen molar-refractivity contribution in [2.45, 2.75) is 20.3 Å². The molecule has 2 aromatic heterocycles. The van der Waals surface area contributed by atoms with E-state index in [0.717, 1.165) is 26.8 Å². The number of nitrogens with zero attached hydrogens (tertiary/aromatic N) is 3. The molecule has 0 aliphatic rings. The van der Waals surface area contributed by atoms with Gasteiger partial charge in [-0.1, -0.05) is 18.5 Å². The molecule has 0 bridgehead atoms. The first-order valence-corrected chi connectivity index (χ1v) is 6.72. The minimum absolute atomic E-state index is 0.506. The van der Waals surface area contributed by atoms with E-state index in [2.05, 4.69) is 44.5 Å². The zero-order valence-electron chi connectivity index (χ0n) is 9.54. The second-order valence-electron chi connectivity index (χ2n) is 3.62. The van der Waals surface area contributed by atoms with E-state index in [1.165, 1.54) is 0 Å². The lowest BCUT2D eigenvalue weighted by Gasteiger charge is -2.08. The molecule has 0 atom stereocenters. The molecule has 0 fully saturated rings. The van der Waals surface area contributed by atoms with Crippen LogP contribution in [-0.4, -0.2) is 15.0 Å². The maximum Gasteiger partial charge on any atom is 0.161 e. The Balaban J connectivity index is 2.61. The molecule has 0 amide bonds. The van der Waals surface area contributed by atoms with Gasteiger partial charge in [-0.15, -0.1) is 0 Å². The maximum atomic E-state index is 6.09. The average molecular weight is 360 g/mol. The molecule has 0 aromatic carbocycles.